The quantitative estimate of drug-likeness (QED) is 0.639. The predicted octanol–water partition coefficient (Wildman–Crippen LogP) is 1.30. The van der Waals surface area contributed by atoms with Gasteiger partial charge < -0.3 is 10.5 Å². The Balaban J connectivity index is 2.43. The first-order valence-electron chi connectivity index (χ1n) is 4.48. The molecule has 1 rings (SSSR count). The van der Waals surface area contributed by atoms with Crippen LogP contribution in [0.5, 0.6) is 0 Å². The molecule has 0 aromatic heterocycles. The maximum atomic E-state index is 5.72. The van der Waals surface area contributed by atoms with E-state index in [2.05, 4.69) is 13.1 Å². The van der Waals surface area contributed by atoms with Crippen LogP contribution in [0.2, 0.25) is 13.1 Å². The molecule has 0 spiro atoms. The van der Waals surface area contributed by atoms with Crippen LogP contribution in [0.4, 0.5) is 0 Å². The van der Waals surface area contributed by atoms with Crippen LogP contribution < -0.4 is 5.73 Å². The zero-order valence-corrected chi connectivity index (χ0v) is 8.60. The number of rotatable bonds is 2. The van der Waals surface area contributed by atoms with Gasteiger partial charge in [0.2, 0.25) is 0 Å². The van der Waals surface area contributed by atoms with Crippen molar-refractivity contribution in [2.24, 2.45) is 5.73 Å². The van der Waals surface area contributed by atoms with Crippen LogP contribution in [0.25, 0.3) is 0 Å². The average Bonchev–Trinajstić information content (AvgIpc) is 2.06. The van der Waals surface area contributed by atoms with Gasteiger partial charge in [0.15, 0.2) is 0 Å². The van der Waals surface area contributed by atoms with E-state index in [1.54, 1.807) is 0 Å². The summed E-state index contributed by atoms with van der Waals surface area (Å²) < 4.78 is 5.72. The first kappa shape index (κ1) is 9.23. The average molecular weight is 173 g/mol. The molecule has 1 heterocycles. The van der Waals surface area contributed by atoms with Crippen molar-refractivity contribution in [2.75, 3.05) is 12.8 Å². The molecule has 0 aliphatic carbocycles. The molecule has 66 valence electrons. The van der Waals surface area contributed by atoms with Crippen molar-refractivity contribution in [3.8, 4) is 0 Å². The van der Waals surface area contributed by atoms with Crippen LogP contribution >= 0.6 is 0 Å². The third kappa shape index (κ3) is 2.29. The van der Waals surface area contributed by atoms with Crippen molar-refractivity contribution in [3.05, 3.63) is 0 Å². The number of nitrogens with two attached hydrogens (primary N) is 1. The van der Waals surface area contributed by atoms with Gasteiger partial charge in [-0.2, -0.15) is 0 Å². The predicted molar refractivity (Wildman–Crippen MR) is 50.1 cm³/mol. The van der Waals surface area contributed by atoms with Crippen LogP contribution in [0.15, 0.2) is 0 Å². The van der Waals surface area contributed by atoms with Gasteiger partial charge in [-0.25, -0.2) is 0 Å². The summed E-state index contributed by atoms with van der Waals surface area (Å²) in [6.45, 7) is 5.60. The highest BCUT2D eigenvalue weighted by atomic mass is 28.3. The fourth-order valence-corrected chi connectivity index (χ4v) is 3.31. The van der Waals surface area contributed by atoms with Crippen molar-refractivity contribution in [1.82, 2.24) is 0 Å². The zero-order chi connectivity index (χ0) is 8.32. The van der Waals surface area contributed by atoms with E-state index in [0.717, 1.165) is 12.8 Å². The fourth-order valence-electron chi connectivity index (χ4n) is 1.49. The van der Waals surface area contributed by atoms with Crippen molar-refractivity contribution < 1.29 is 4.74 Å². The lowest BCUT2D eigenvalue weighted by atomic mass is 10.2. The van der Waals surface area contributed by atoms with Gasteiger partial charge in [-0.05, 0) is 25.4 Å². The molecule has 11 heavy (non-hydrogen) atoms. The van der Waals surface area contributed by atoms with Gasteiger partial charge in [0, 0.05) is 12.3 Å². The lowest BCUT2D eigenvalue weighted by Crippen LogP contribution is -2.51. The van der Waals surface area contributed by atoms with Crippen molar-refractivity contribution in [3.63, 3.8) is 0 Å². The van der Waals surface area contributed by atoms with Gasteiger partial charge in [-0.1, -0.05) is 13.1 Å². The van der Waals surface area contributed by atoms with Gasteiger partial charge in [0.25, 0.3) is 0 Å². The molecule has 1 unspecified atom stereocenters. The van der Waals surface area contributed by atoms with Crippen LogP contribution in [0.1, 0.15) is 19.3 Å². The van der Waals surface area contributed by atoms with Gasteiger partial charge >= 0.3 is 0 Å². The third-order valence-electron chi connectivity index (χ3n) is 2.58. The SMILES string of the molecule is C[Si](C)(CN)C1CCCCO1. The molecular formula is C8H19NOSi. The smallest absolute Gasteiger partial charge is 0.0955 e. The number of hydrogen-bond donors (Lipinski definition) is 1. The Kier molecular flexibility index (Phi) is 3.10. The van der Waals surface area contributed by atoms with E-state index in [9.17, 15) is 0 Å². The van der Waals surface area contributed by atoms with E-state index in [1.807, 2.05) is 0 Å². The molecule has 1 fully saturated rings. The van der Waals surface area contributed by atoms with Gasteiger partial charge in [-0.3, -0.25) is 0 Å². The summed E-state index contributed by atoms with van der Waals surface area (Å²) in [6.07, 6.45) is 4.68. The number of hydrogen-bond acceptors (Lipinski definition) is 2. The molecule has 0 aromatic rings. The van der Waals surface area contributed by atoms with Gasteiger partial charge in [0.05, 0.1) is 8.07 Å². The lowest BCUT2D eigenvalue weighted by molar-refractivity contribution is 0.0599. The maximum absolute atomic E-state index is 5.72. The summed E-state index contributed by atoms with van der Waals surface area (Å²) in [6, 6.07) is 0. The van der Waals surface area contributed by atoms with Crippen LogP contribution in [-0.2, 0) is 4.74 Å². The van der Waals surface area contributed by atoms with E-state index < -0.39 is 8.07 Å². The third-order valence-corrected chi connectivity index (χ3v) is 5.83. The zero-order valence-electron chi connectivity index (χ0n) is 7.60. The van der Waals surface area contributed by atoms with Crippen molar-refractivity contribution >= 4 is 8.07 Å². The molecule has 0 amide bonds. The molecule has 0 saturated carbocycles. The summed E-state index contributed by atoms with van der Waals surface area (Å²) in [7, 11) is -1.22. The summed E-state index contributed by atoms with van der Waals surface area (Å²) in [5.74, 6) is 0. The van der Waals surface area contributed by atoms with Crippen LogP contribution in [0.3, 0.4) is 0 Å². The topological polar surface area (TPSA) is 35.2 Å². The molecule has 2 N–H and O–H groups in total. The molecule has 1 aliphatic rings. The Labute approximate surface area is 70.1 Å². The molecular weight excluding hydrogens is 154 g/mol. The standard InChI is InChI=1S/C8H19NOSi/c1-11(2,7-9)8-5-3-4-6-10-8/h8H,3-7,9H2,1-2H3. The Morgan fingerprint density at radius 1 is 1.45 bits per heavy atom. The second-order valence-electron chi connectivity index (χ2n) is 4.05. The molecule has 3 heteroatoms. The highest BCUT2D eigenvalue weighted by molar-refractivity contribution is 6.78. The normalized spacial score (nSPS) is 27.0. The molecule has 2 nitrogen and oxygen atoms in total. The van der Waals surface area contributed by atoms with E-state index >= 15 is 0 Å². The monoisotopic (exact) mass is 173 g/mol. The van der Waals surface area contributed by atoms with Crippen LogP contribution in [0, 0.1) is 0 Å². The van der Waals surface area contributed by atoms with Crippen molar-refractivity contribution in [2.45, 2.75) is 38.1 Å². The Morgan fingerprint density at radius 2 is 2.18 bits per heavy atom. The summed E-state index contributed by atoms with van der Waals surface area (Å²) in [4.78, 5) is 0. The van der Waals surface area contributed by atoms with Gasteiger partial charge in [-0.15, -0.1) is 0 Å². The van der Waals surface area contributed by atoms with E-state index in [0.29, 0.717) is 5.73 Å². The Bertz CT molecular complexity index is 121. The minimum absolute atomic E-state index is 0.529. The fraction of sp³-hybridized carbons (Fsp3) is 1.00. The second kappa shape index (κ2) is 3.69. The minimum atomic E-state index is -1.22. The summed E-state index contributed by atoms with van der Waals surface area (Å²) in [5, 5.41) is 0. The highest BCUT2D eigenvalue weighted by Crippen LogP contribution is 2.21. The Morgan fingerprint density at radius 3 is 2.64 bits per heavy atom. The van der Waals surface area contributed by atoms with Gasteiger partial charge in [0.1, 0.15) is 0 Å². The first-order chi connectivity index (χ1) is 5.17. The molecule has 0 radical (unpaired) electrons. The van der Waals surface area contributed by atoms with E-state index in [1.165, 1.54) is 19.3 Å². The largest absolute Gasteiger partial charge is 0.382 e. The second-order valence-corrected chi connectivity index (χ2v) is 9.08. The van der Waals surface area contributed by atoms with E-state index in [-0.39, 0.29) is 0 Å². The Hall–Kier alpha value is 0.137. The number of ether oxygens (including phenoxy) is 1. The maximum Gasteiger partial charge on any atom is 0.0955 e. The molecule has 0 aromatic carbocycles. The lowest BCUT2D eigenvalue weighted by Gasteiger charge is -2.34. The highest BCUT2D eigenvalue weighted by Gasteiger charge is 2.32. The first-order valence-corrected chi connectivity index (χ1v) is 7.77. The molecule has 1 saturated heterocycles. The van der Waals surface area contributed by atoms with E-state index in [4.69, 9.17) is 10.5 Å². The van der Waals surface area contributed by atoms with Crippen LogP contribution in [-0.4, -0.2) is 26.6 Å². The molecule has 1 aliphatic heterocycles. The minimum Gasteiger partial charge on any atom is -0.382 e. The molecule has 1 atom stereocenters. The summed E-state index contributed by atoms with van der Waals surface area (Å²) >= 11 is 0. The molecule has 0 bridgehead atoms. The van der Waals surface area contributed by atoms with Crippen molar-refractivity contribution in [1.29, 1.82) is 0 Å². The summed E-state index contributed by atoms with van der Waals surface area (Å²) in [5.41, 5.74) is 6.25.